The fourth-order valence-corrected chi connectivity index (χ4v) is 4.14. The van der Waals surface area contributed by atoms with Gasteiger partial charge in [-0.2, -0.15) is 0 Å². The third kappa shape index (κ3) is 8.52. The van der Waals surface area contributed by atoms with Crippen molar-refractivity contribution in [3.05, 3.63) is 60.1 Å². The van der Waals surface area contributed by atoms with E-state index in [4.69, 9.17) is 9.26 Å². The first-order valence-electron chi connectivity index (χ1n) is 13.4. The van der Waals surface area contributed by atoms with Gasteiger partial charge in [0.25, 0.3) is 5.91 Å². The van der Waals surface area contributed by atoms with E-state index in [0.29, 0.717) is 47.8 Å². The quantitative estimate of drug-likeness (QED) is 0.354. The molecule has 4 amide bonds. The molecule has 3 heterocycles. The maximum atomic E-state index is 12.7. The Labute approximate surface area is 239 Å². The number of anilines is 3. The summed E-state index contributed by atoms with van der Waals surface area (Å²) >= 11 is 0. The summed E-state index contributed by atoms with van der Waals surface area (Å²) in [5, 5.41) is 12.0. The monoisotopic (exact) mass is 563 g/mol. The van der Waals surface area contributed by atoms with Crippen LogP contribution >= 0.6 is 0 Å². The van der Waals surface area contributed by atoms with Crippen LogP contribution in [0.4, 0.5) is 22.0 Å². The van der Waals surface area contributed by atoms with Gasteiger partial charge in [0.2, 0.25) is 5.91 Å². The number of likely N-dealkylation sites (tertiary alicyclic amines) is 1. The standard InChI is InChI=1S/C29H37N7O5/c1-29(2,3)24-14-25(34-41-24)33-28(39)32-21-8-6-20(7-9-21)31-27(38)23-11-10-22(15-30-23)40-18-19-12-13-36(16-19)17-26(37)35(4)5/h6-11,14-15,19H,12-13,16-18H2,1-5H3,(H,31,38)(H2,32,33,34,39). The number of aromatic nitrogens is 2. The van der Waals surface area contributed by atoms with E-state index in [2.05, 4.69) is 31.0 Å². The number of pyridine rings is 1. The Morgan fingerprint density at radius 1 is 1.05 bits per heavy atom. The van der Waals surface area contributed by atoms with E-state index in [1.165, 1.54) is 6.20 Å². The summed E-state index contributed by atoms with van der Waals surface area (Å²) in [5.74, 6) is 1.62. The minimum atomic E-state index is -0.466. The second-order valence-electron chi connectivity index (χ2n) is 11.3. The van der Waals surface area contributed by atoms with Gasteiger partial charge in [-0.1, -0.05) is 25.9 Å². The molecular formula is C29H37N7O5. The number of amides is 4. The molecule has 0 spiro atoms. The Balaban J connectivity index is 1.21. The van der Waals surface area contributed by atoms with Crippen molar-refractivity contribution in [3.63, 3.8) is 0 Å². The predicted octanol–water partition coefficient (Wildman–Crippen LogP) is 4.05. The average molecular weight is 564 g/mol. The topological polar surface area (TPSA) is 142 Å². The molecule has 0 radical (unpaired) electrons. The molecule has 218 valence electrons. The molecule has 12 nitrogen and oxygen atoms in total. The summed E-state index contributed by atoms with van der Waals surface area (Å²) in [5.41, 5.74) is 1.11. The van der Waals surface area contributed by atoms with Gasteiger partial charge in [-0.15, -0.1) is 0 Å². The molecule has 3 aromatic rings. The van der Waals surface area contributed by atoms with Crippen LogP contribution in [-0.4, -0.2) is 78.1 Å². The van der Waals surface area contributed by atoms with Crippen LogP contribution < -0.4 is 20.7 Å². The van der Waals surface area contributed by atoms with Crippen molar-refractivity contribution < 1.29 is 23.6 Å². The normalized spacial score (nSPS) is 15.3. The minimum Gasteiger partial charge on any atom is -0.492 e. The highest BCUT2D eigenvalue weighted by atomic mass is 16.5. The van der Waals surface area contributed by atoms with Gasteiger partial charge in [0, 0.05) is 49.4 Å². The average Bonchev–Trinajstić information content (AvgIpc) is 3.58. The summed E-state index contributed by atoms with van der Waals surface area (Å²) in [4.78, 5) is 44.8. The Morgan fingerprint density at radius 3 is 2.37 bits per heavy atom. The number of carbonyl (C=O) groups is 3. The van der Waals surface area contributed by atoms with Crippen molar-refractivity contribution >= 4 is 35.0 Å². The van der Waals surface area contributed by atoms with Crippen LogP contribution in [0, 0.1) is 5.92 Å². The lowest BCUT2D eigenvalue weighted by atomic mass is 9.93. The van der Waals surface area contributed by atoms with Gasteiger partial charge < -0.3 is 24.8 Å². The van der Waals surface area contributed by atoms with Crippen molar-refractivity contribution in [1.29, 1.82) is 0 Å². The molecule has 1 aliphatic heterocycles. The Kier molecular flexibility index (Phi) is 9.23. The van der Waals surface area contributed by atoms with E-state index in [-0.39, 0.29) is 22.9 Å². The van der Waals surface area contributed by atoms with Gasteiger partial charge in [0.15, 0.2) is 5.82 Å². The summed E-state index contributed by atoms with van der Waals surface area (Å²) in [6.07, 6.45) is 2.50. The third-order valence-electron chi connectivity index (χ3n) is 6.57. The van der Waals surface area contributed by atoms with Crippen molar-refractivity contribution in [1.82, 2.24) is 19.9 Å². The molecule has 1 atom stereocenters. The predicted molar refractivity (Wildman–Crippen MR) is 155 cm³/mol. The zero-order valence-electron chi connectivity index (χ0n) is 24.1. The third-order valence-corrected chi connectivity index (χ3v) is 6.57. The number of hydrogen-bond donors (Lipinski definition) is 3. The van der Waals surface area contributed by atoms with E-state index in [9.17, 15) is 14.4 Å². The van der Waals surface area contributed by atoms with Crippen molar-refractivity contribution in [2.45, 2.75) is 32.6 Å². The fraction of sp³-hybridized carbons (Fsp3) is 0.414. The maximum Gasteiger partial charge on any atom is 0.324 e. The summed E-state index contributed by atoms with van der Waals surface area (Å²) < 4.78 is 11.1. The molecule has 0 bridgehead atoms. The highest BCUT2D eigenvalue weighted by Crippen LogP contribution is 2.24. The highest BCUT2D eigenvalue weighted by Gasteiger charge is 2.25. The molecule has 0 saturated carbocycles. The van der Waals surface area contributed by atoms with Crippen LogP contribution in [0.25, 0.3) is 0 Å². The Bertz CT molecular complexity index is 1350. The number of ether oxygens (including phenoxy) is 1. The zero-order chi connectivity index (χ0) is 29.6. The molecule has 1 aromatic carbocycles. The molecule has 4 rings (SSSR count). The first kappa shape index (κ1) is 29.5. The van der Waals surface area contributed by atoms with Crippen molar-refractivity contribution in [2.24, 2.45) is 5.92 Å². The number of rotatable bonds is 9. The number of benzene rings is 1. The van der Waals surface area contributed by atoms with Crippen molar-refractivity contribution in [2.75, 3.05) is 56.3 Å². The number of hydrogen-bond acceptors (Lipinski definition) is 8. The van der Waals surface area contributed by atoms with E-state index in [1.54, 1.807) is 61.5 Å². The maximum absolute atomic E-state index is 12.7. The van der Waals surface area contributed by atoms with E-state index in [0.717, 1.165) is 19.5 Å². The van der Waals surface area contributed by atoms with Gasteiger partial charge in [-0.3, -0.25) is 19.8 Å². The molecular weight excluding hydrogens is 526 g/mol. The molecule has 12 heteroatoms. The molecule has 41 heavy (non-hydrogen) atoms. The van der Waals surface area contributed by atoms with Crippen LogP contribution in [-0.2, 0) is 10.2 Å². The molecule has 1 saturated heterocycles. The van der Waals surface area contributed by atoms with E-state index < -0.39 is 6.03 Å². The minimum absolute atomic E-state index is 0.0959. The molecule has 1 aliphatic rings. The number of carbonyl (C=O) groups excluding carboxylic acids is 3. The van der Waals surface area contributed by atoms with E-state index in [1.807, 2.05) is 20.8 Å². The lowest BCUT2D eigenvalue weighted by Gasteiger charge is -2.18. The highest BCUT2D eigenvalue weighted by molar-refractivity contribution is 6.03. The lowest BCUT2D eigenvalue weighted by Crippen LogP contribution is -2.35. The van der Waals surface area contributed by atoms with Gasteiger partial charge in [0.1, 0.15) is 17.2 Å². The van der Waals surface area contributed by atoms with Gasteiger partial charge in [-0.25, -0.2) is 9.78 Å². The SMILES string of the molecule is CN(C)C(=O)CN1CCC(COc2ccc(C(=O)Nc3ccc(NC(=O)Nc4cc(C(C)(C)C)on4)cc3)nc2)C1. The van der Waals surface area contributed by atoms with Gasteiger partial charge in [-0.05, 0) is 49.4 Å². The number of nitrogens with one attached hydrogen (secondary N) is 3. The van der Waals surface area contributed by atoms with Crippen LogP contribution in [0.1, 0.15) is 43.4 Å². The first-order chi connectivity index (χ1) is 19.5. The molecule has 1 fully saturated rings. The lowest BCUT2D eigenvalue weighted by molar-refractivity contribution is -0.129. The van der Waals surface area contributed by atoms with Gasteiger partial charge in [0.05, 0.1) is 19.3 Å². The Hall–Kier alpha value is -4.45. The second kappa shape index (κ2) is 12.8. The second-order valence-corrected chi connectivity index (χ2v) is 11.3. The van der Waals surface area contributed by atoms with Crippen LogP contribution in [0.3, 0.4) is 0 Å². The largest absolute Gasteiger partial charge is 0.492 e. The molecule has 0 aliphatic carbocycles. The smallest absolute Gasteiger partial charge is 0.324 e. The molecule has 2 aromatic heterocycles. The number of likely N-dealkylation sites (N-methyl/N-ethyl adjacent to an activating group) is 1. The molecule has 3 N–H and O–H groups in total. The Morgan fingerprint density at radius 2 is 1.76 bits per heavy atom. The van der Waals surface area contributed by atoms with E-state index >= 15 is 0 Å². The number of urea groups is 1. The zero-order valence-corrected chi connectivity index (χ0v) is 24.1. The van der Waals surface area contributed by atoms with Crippen molar-refractivity contribution in [3.8, 4) is 5.75 Å². The van der Waals surface area contributed by atoms with Crippen LogP contribution in [0.15, 0.2) is 53.2 Å². The van der Waals surface area contributed by atoms with Crippen LogP contribution in [0.5, 0.6) is 5.75 Å². The summed E-state index contributed by atoms with van der Waals surface area (Å²) in [6, 6.07) is 11.2. The molecule has 1 unspecified atom stereocenters. The number of nitrogens with zero attached hydrogens (tertiary/aromatic N) is 4. The first-order valence-corrected chi connectivity index (χ1v) is 13.4. The summed E-state index contributed by atoms with van der Waals surface area (Å²) in [7, 11) is 3.52. The van der Waals surface area contributed by atoms with Crippen LogP contribution in [0.2, 0.25) is 0 Å². The fourth-order valence-electron chi connectivity index (χ4n) is 4.14. The van der Waals surface area contributed by atoms with Gasteiger partial charge >= 0.3 is 6.03 Å². The summed E-state index contributed by atoms with van der Waals surface area (Å²) in [6.45, 7) is 8.59.